The fraction of sp³-hybridized carbons (Fsp3) is 0.235. The van der Waals surface area contributed by atoms with Crippen molar-refractivity contribution in [3.05, 3.63) is 59.2 Å². The molecule has 0 unspecified atom stereocenters. The van der Waals surface area contributed by atoms with Crippen LogP contribution in [0.5, 0.6) is 11.5 Å². The van der Waals surface area contributed by atoms with Crippen LogP contribution in [0.25, 0.3) is 0 Å². The summed E-state index contributed by atoms with van der Waals surface area (Å²) in [6, 6.07) is 10.6. The number of rotatable bonds is 5. The average Bonchev–Trinajstić information content (AvgIpc) is 2.45. The lowest BCUT2D eigenvalue weighted by Gasteiger charge is -2.11. The molecule has 0 saturated heterocycles. The number of carbonyl (C=O) groups is 1. The van der Waals surface area contributed by atoms with Crippen LogP contribution in [0.15, 0.2) is 42.5 Å². The molecule has 0 aliphatic rings. The van der Waals surface area contributed by atoms with E-state index in [-0.39, 0.29) is 18.1 Å². The molecule has 23 heavy (non-hydrogen) atoms. The largest absolute Gasteiger partial charge is 0.573 e. The standard InChI is InChI=1S/C17H15F3O3/c1-11-9-14(12(2)21)5-8-16(11)22-10-13-3-6-15(7-4-13)23-17(18,19)20/h3-9H,10H2,1-2H3. The molecule has 0 bridgehead atoms. The first kappa shape index (κ1) is 16.9. The predicted octanol–water partition coefficient (Wildman–Crippen LogP) is 4.68. The molecule has 0 amide bonds. The van der Waals surface area contributed by atoms with E-state index in [9.17, 15) is 18.0 Å². The lowest BCUT2D eigenvalue weighted by molar-refractivity contribution is -0.274. The molecular formula is C17H15F3O3. The molecule has 0 atom stereocenters. The van der Waals surface area contributed by atoms with E-state index < -0.39 is 6.36 Å². The zero-order valence-electron chi connectivity index (χ0n) is 12.6. The second kappa shape index (κ2) is 6.73. The summed E-state index contributed by atoms with van der Waals surface area (Å²) in [6.45, 7) is 3.51. The van der Waals surface area contributed by atoms with Gasteiger partial charge >= 0.3 is 6.36 Å². The van der Waals surface area contributed by atoms with Crippen LogP contribution in [-0.4, -0.2) is 12.1 Å². The summed E-state index contributed by atoms with van der Waals surface area (Å²) in [5.41, 5.74) is 2.12. The molecule has 122 valence electrons. The molecule has 0 heterocycles. The summed E-state index contributed by atoms with van der Waals surface area (Å²) in [5.74, 6) is 0.314. The van der Waals surface area contributed by atoms with Crippen LogP contribution in [0.1, 0.15) is 28.4 Å². The van der Waals surface area contributed by atoms with Gasteiger partial charge in [0.1, 0.15) is 18.1 Å². The minimum atomic E-state index is -4.70. The Morgan fingerprint density at radius 2 is 1.74 bits per heavy atom. The number of hydrogen-bond donors (Lipinski definition) is 0. The van der Waals surface area contributed by atoms with Gasteiger partial charge in [0.25, 0.3) is 0 Å². The number of alkyl halides is 3. The molecule has 0 aliphatic heterocycles. The Morgan fingerprint density at radius 3 is 2.26 bits per heavy atom. The molecule has 0 aromatic heterocycles. The van der Waals surface area contributed by atoms with E-state index in [1.165, 1.54) is 31.2 Å². The highest BCUT2D eigenvalue weighted by Crippen LogP contribution is 2.24. The second-order valence-electron chi connectivity index (χ2n) is 5.02. The lowest BCUT2D eigenvalue weighted by Crippen LogP contribution is -2.17. The van der Waals surface area contributed by atoms with Crippen LogP contribution < -0.4 is 9.47 Å². The first-order valence-corrected chi connectivity index (χ1v) is 6.84. The van der Waals surface area contributed by atoms with Crippen molar-refractivity contribution in [1.29, 1.82) is 0 Å². The van der Waals surface area contributed by atoms with Crippen molar-refractivity contribution in [2.45, 2.75) is 26.8 Å². The maximum absolute atomic E-state index is 12.1. The van der Waals surface area contributed by atoms with Crippen LogP contribution in [0.2, 0.25) is 0 Å². The predicted molar refractivity (Wildman–Crippen MR) is 78.6 cm³/mol. The molecule has 6 heteroatoms. The summed E-state index contributed by atoms with van der Waals surface area (Å²) >= 11 is 0. The summed E-state index contributed by atoms with van der Waals surface area (Å²) in [6.07, 6.45) is -4.70. The second-order valence-corrected chi connectivity index (χ2v) is 5.02. The quantitative estimate of drug-likeness (QED) is 0.750. The van der Waals surface area contributed by atoms with Gasteiger partial charge in [0.15, 0.2) is 5.78 Å². The van der Waals surface area contributed by atoms with Crippen LogP contribution in [0.3, 0.4) is 0 Å². The number of Topliss-reactive ketones (excluding diaryl/α,β-unsaturated/α-hetero) is 1. The first-order chi connectivity index (χ1) is 10.7. The van der Waals surface area contributed by atoms with E-state index in [0.717, 1.165) is 5.56 Å². The summed E-state index contributed by atoms with van der Waals surface area (Å²) in [7, 11) is 0. The van der Waals surface area contributed by atoms with Gasteiger partial charge in [0.05, 0.1) is 0 Å². The van der Waals surface area contributed by atoms with Crippen molar-refractivity contribution >= 4 is 5.78 Å². The summed E-state index contributed by atoms with van der Waals surface area (Å²) in [5, 5.41) is 0. The fourth-order valence-electron chi connectivity index (χ4n) is 1.98. The van der Waals surface area contributed by atoms with Gasteiger partial charge < -0.3 is 9.47 Å². The van der Waals surface area contributed by atoms with Crippen molar-refractivity contribution in [3.63, 3.8) is 0 Å². The lowest BCUT2D eigenvalue weighted by atomic mass is 10.1. The molecule has 0 radical (unpaired) electrons. The molecule has 0 fully saturated rings. The molecular weight excluding hydrogens is 309 g/mol. The monoisotopic (exact) mass is 324 g/mol. The Morgan fingerprint density at radius 1 is 1.09 bits per heavy atom. The highest BCUT2D eigenvalue weighted by Gasteiger charge is 2.30. The molecule has 0 spiro atoms. The maximum atomic E-state index is 12.1. The number of hydrogen-bond acceptors (Lipinski definition) is 3. The zero-order valence-corrected chi connectivity index (χ0v) is 12.6. The van der Waals surface area contributed by atoms with Crippen molar-refractivity contribution in [3.8, 4) is 11.5 Å². The van der Waals surface area contributed by atoms with Crippen molar-refractivity contribution in [1.82, 2.24) is 0 Å². The average molecular weight is 324 g/mol. The van der Waals surface area contributed by atoms with Crippen molar-refractivity contribution in [2.24, 2.45) is 0 Å². The third kappa shape index (κ3) is 5.02. The Hall–Kier alpha value is -2.50. The molecule has 3 nitrogen and oxygen atoms in total. The van der Waals surface area contributed by atoms with Crippen LogP contribution in [0.4, 0.5) is 13.2 Å². The highest BCUT2D eigenvalue weighted by atomic mass is 19.4. The third-order valence-corrected chi connectivity index (χ3v) is 3.13. The molecule has 2 aromatic rings. The third-order valence-electron chi connectivity index (χ3n) is 3.13. The van der Waals surface area contributed by atoms with E-state index in [2.05, 4.69) is 4.74 Å². The number of halogens is 3. The van der Waals surface area contributed by atoms with Gasteiger partial charge in [0, 0.05) is 5.56 Å². The van der Waals surface area contributed by atoms with Crippen molar-refractivity contribution in [2.75, 3.05) is 0 Å². The van der Waals surface area contributed by atoms with Crippen molar-refractivity contribution < 1.29 is 27.4 Å². The normalized spacial score (nSPS) is 11.2. The van der Waals surface area contributed by atoms with Gasteiger partial charge in [-0.1, -0.05) is 12.1 Å². The fourth-order valence-corrected chi connectivity index (χ4v) is 1.98. The Balaban J connectivity index is 2.00. The number of carbonyl (C=O) groups excluding carboxylic acids is 1. The van der Waals surface area contributed by atoms with Gasteiger partial charge in [-0.3, -0.25) is 4.79 Å². The zero-order chi connectivity index (χ0) is 17.0. The van der Waals surface area contributed by atoms with Gasteiger partial charge in [0.2, 0.25) is 0 Å². The first-order valence-electron chi connectivity index (χ1n) is 6.84. The molecule has 2 rings (SSSR count). The SMILES string of the molecule is CC(=O)c1ccc(OCc2ccc(OC(F)(F)F)cc2)c(C)c1. The summed E-state index contributed by atoms with van der Waals surface area (Å²) in [4.78, 5) is 11.3. The van der Waals surface area contributed by atoms with E-state index >= 15 is 0 Å². The highest BCUT2D eigenvalue weighted by molar-refractivity contribution is 5.94. The van der Waals surface area contributed by atoms with Gasteiger partial charge in [-0.2, -0.15) is 0 Å². The minimum absolute atomic E-state index is 0.0279. The van der Waals surface area contributed by atoms with E-state index in [1.54, 1.807) is 18.2 Å². The van der Waals surface area contributed by atoms with Crippen LogP contribution in [0, 0.1) is 6.92 Å². The molecule has 0 saturated carbocycles. The number of benzene rings is 2. The van der Waals surface area contributed by atoms with Gasteiger partial charge in [-0.15, -0.1) is 13.2 Å². The number of aryl methyl sites for hydroxylation is 1. The minimum Gasteiger partial charge on any atom is -0.489 e. The molecule has 0 aliphatic carbocycles. The van der Waals surface area contributed by atoms with Crippen LogP contribution >= 0.6 is 0 Å². The van der Waals surface area contributed by atoms with Crippen LogP contribution in [-0.2, 0) is 6.61 Å². The van der Waals surface area contributed by atoms with E-state index in [4.69, 9.17) is 4.74 Å². The van der Waals surface area contributed by atoms with Gasteiger partial charge in [-0.25, -0.2) is 0 Å². The Bertz CT molecular complexity index is 691. The Kier molecular flexibility index (Phi) is 4.93. The smallest absolute Gasteiger partial charge is 0.489 e. The number of ketones is 1. The van der Waals surface area contributed by atoms with E-state index in [1.807, 2.05) is 6.92 Å². The molecule has 2 aromatic carbocycles. The van der Waals surface area contributed by atoms with Gasteiger partial charge in [-0.05, 0) is 55.3 Å². The summed E-state index contributed by atoms with van der Waals surface area (Å²) < 4.78 is 45.6. The topological polar surface area (TPSA) is 35.5 Å². The molecule has 0 N–H and O–H groups in total. The maximum Gasteiger partial charge on any atom is 0.573 e. The number of ether oxygens (including phenoxy) is 2. The Labute approximate surface area is 131 Å². The van der Waals surface area contributed by atoms with E-state index in [0.29, 0.717) is 16.9 Å².